The van der Waals surface area contributed by atoms with E-state index in [0.29, 0.717) is 24.5 Å². The number of hydrogen-bond acceptors (Lipinski definition) is 5. The molecule has 0 unspecified atom stereocenters. The van der Waals surface area contributed by atoms with Gasteiger partial charge in [0.25, 0.3) is 0 Å². The summed E-state index contributed by atoms with van der Waals surface area (Å²) in [5, 5.41) is 15.3. The summed E-state index contributed by atoms with van der Waals surface area (Å²) >= 11 is 0. The lowest BCUT2D eigenvalue weighted by Gasteiger charge is -2.20. The Balaban J connectivity index is 0.00000200. The summed E-state index contributed by atoms with van der Waals surface area (Å²) < 4.78 is 4.84. The highest BCUT2D eigenvalue weighted by Gasteiger charge is 2.30. The van der Waals surface area contributed by atoms with E-state index in [1.54, 1.807) is 13.0 Å². The number of carboxylic acids is 1. The lowest BCUT2D eigenvalue weighted by molar-refractivity contribution is -0.142. The summed E-state index contributed by atoms with van der Waals surface area (Å²) in [5.41, 5.74) is 0. The molecule has 0 bridgehead atoms. The predicted octanol–water partition coefficient (Wildman–Crippen LogP) is 1.28. The zero-order valence-electron chi connectivity index (χ0n) is 11.2. The first-order chi connectivity index (χ1) is 9.06. The number of aryl methyl sites for hydroxylation is 1. The van der Waals surface area contributed by atoms with Gasteiger partial charge in [-0.25, -0.2) is 0 Å². The normalized spacial score (nSPS) is 18.6. The third-order valence-electron chi connectivity index (χ3n) is 3.17. The first-order valence-corrected chi connectivity index (χ1v) is 6.26. The fraction of sp³-hybridized carbons (Fsp3) is 0.583. The molecule has 1 aromatic heterocycles. The second-order valence-corrected chi connectivity index (χ2v) is 4.65. The topological polar surface area (TPSA) is 95.7 Å². The fourth-order valence-electron chi connectivity index (χ4n) is 2.25. The van der Waals surface area contributed by atoms with Gasteiger partial charge >= 0.3 is 5.97 Å². The number of anilines is 1. The van der Waals surface area contributed by atoms with E-state index >= 15 is 0 Å². The monoisotopic (exact) mass is 303 g/mol. The maximum atomic E-state index is 11.7. The van der Waals surface area contributed by atoms with Crippen LogP contribution in [0.4, 0.5) is 5.82 Å². The van der Waals surface area contributed by atoms with E-state index in [9.17, 15) is 9.59 Å². The predicted molar refractivity (Wildman–Crippen MR) is 74.0 cm³/mol. The number of aromatic nitrogens is 1. The molecule has 1 aromatic rings. The second kappa shape index (κ2) is 7.25. The molecule has 112 valence electrons. The van der Waals surface area contributed by atoms with Crippen LogP contribution in [0.2, 0.25) is 0 Å². The van der Waals surface area contributed by atoms with Crippen LogP contribution in [0.25, 0.3) is 0 Å². The van der Waals surface area contributed by atoms with E-state index in [-0.39, 0.29) is 24.7 Å². The van der Waals surface area contributed by atoms with Gasteiger partial charge in [-0.2, -0.15) is 0 Å². The average molecular weight is 304 g/mol. The van der Waals surface area contributed by atoms with Gasteiger partial charge in [-0.05, 0) is 26.3 Å². The summed E-state index contributed by atoms with van der Waals surface area (Å²) in [6.45, 7) is 2.91. The summed E-state index contributed by atoms with van der Waals surface area (Å²) in [6, 6.07) is 1.18. The van der Waals surface area contributed by atoms with Crippen LogP contribution in [0.15, 0.2) is 10.6 Å². The Kier molecular flexibility index (Phi) is 5.97. The van der Waals surface area contributed by atoms with Crippen LogP contribution >= 0.6 is 12.4 Å². The molecule has 1 saturated heterocycles. The van der Waals surface area contributed by atoms with Crippen molar-refractivity contribution in [2.24, 2.45) is 0 Å². The van der Waals surface area contributed by atoms with Crippen LogP contribution in [0.3, 0.4) is 0 Å². The Labute approximate surface area is 122 Å². The standard InChI is InChI=1S/C12H17N3O4.ClH/c1-8-7-10(14-19-8)13-11(16)4-6-15-5-2-3-9(15)12(17)18;/h7,9H,2-6H2,1H3,(H,17,18)(H,13,14,16);1H/t9-;/m0./s1. The highest BCUT2D eigenvalue weighted by Crippen LogP contribution is 2.17. The molecule has 2 rings (SSSR count). The van der Waals surface area contributed by atoms with Crippen molar-refractivity contribution in [2.45, 2.75) is 32.2 Å². The molecule has 20 heavy (non-hydrogen) atoms. The molecule has 2 heterocycles. The molecule has 1 aliphatic heterocycles. The number of amides is 1. The maximum Gasteiger partial charge on any atom is 0.320 e. The zero-order chi connectivity index (χ0) is 13.8. The molecule has 0 aliphatic carbocycles. The van der Waals surface area contributed by atoms with Gasteiger partial charge in [0.05, 0.1) is 0 Å². The van der Waals surface area contributed by atoms with Gasteiger partial charge in [-0.3, -0.25) is 14.5 Å². The minimum atomic E-state index is -0.815. The van der Waals surface area contributed by atoms with Crippen LogP contribution in [0.1, 0.15) is 25.0 Å². The zero-order valence-corrected chi connectivity index (χ0v) is 12.0. The number of aliphatic carboxylic acids is 1. The molecular formula is C12H18ClN3O4. The SMILES string of the molecule is Cc1cc(NC(=O)CCN2CCC[C@H]2C(=O)O)no1.Cl. The number of nitrogens with one attached hydrogen (secondary N) is 1. The van der Waals surface area contributed by atoms with E-state index in [1.807, 2.05) is 4.90 Å². The smallest absolute Gasteiger partial charge is 0.320 e. The number of carbonyl (C=O) groups excluding carboxylic acids is 1. The molecular weight excluding hydrogens is 286 g/mol. The first-order valence-electron chi connectivity index (χ1n) is 6.26. The van der Waals surface area contributed by atoms with Crippen molar-refractivity contribution in [1.29, 1.82) is 0 Å². The van der Waals surface area contributed by atoms with Crippen molar-refractivity contribution < 1.29 is 19.2 Å². The molecule has 0 radical (unpaired) electrons. The molecule has 0 aromatic carbocycles. The molecule has 1 aliphatic rings. The van der Waals surface area contributed by atoms with Gasteiger partial charge in [-0.15, -0.1) is 12.4 Å². The lowest BCUT2D eigenvalue weighted by Crippen LogP contribution is -2.37. The molecule has 2 N–H and O–H groups in total. The minimum absolute atomic E-state index is 0. The first kappa shape index (κ1) is 16.5. The Hall–Kier alpha value is -1.60. The van der Waals surface area contributed by atoms with E-state index in [1.165, 1.54) is 0 Å². The number of carbonyl (C=O) groups is 2. The fourth-order valence-corrected chi connectivity index (χ4v) is 2.25. The maximum absolute atomic E-state index is 11.7. The number of rotatable bonds is 5. The number of halogens is 1. The molecule has 1 atom stereocenters. The van der Waals surface area contributed by atoms with Gasteiger partial charge in [0.2, 0.25) is 5.91 Å². The third kappa shape index (κ3) is 4.21. The highest BCUT2D eigenvalue weighted by atomic mass is 35.5. The van der Waals surface area contributed by atoms with Crippen molar-refractivity contribution in [1.82, 2.24) is 10.1 Å². The van der Waals surface area contributed by atoms with Crippen LogP contribution < -0.4 is 5.32 Å². The van der Waals surface area contributed by atoms with Crippen LogP contribution in [0.5, 0.6) is 0 Å². The van der Waals surface area contributed by atoms with Gasteiger partial charge in [-0.1, -0.05) is 5.16 Å². The largest absolute Gasteiger partial charge is 0.480 e. The molecule has 8 heteroatoms. The average Bonchev–Trinajstić information content (AvgIpc) is 2.95. The Morgan fingerprint density at radius 2 is 2.35 bits per heavy atom. The molecule has 0 spiro atoms. The van der Waals surface area contributed by atoms with Crippen LogP contribution in [-0.2, 0) is 9.59 Å². The molecule has 1 fully saturated rings. The lowest BCUT2D eigenvalue weighted by atomic mass is 10.2. The van der Waals surface area contributed by atoms with E-state index in [2.05, 4.69) is 10.5 Å². The molecule has 7 nitrogen and oxygen atoms in total. The van der Waals surface area contributed by atoms with Gasteiger partial charge < -0.3 is 14.9 Å². The second-order valence-electron chi connectivity index (χ2n) is 4.65. The number of likely N-dealkylation sites (tertiary alicyclic amines) is 1. The van der Waals surface area contributed by atoms with Crippen molar-refractivity contribution in [3.8, 4) is 0 Å². The Morgan fingerprint density at radius 3 is 2.95 bits per heavy atom. The third-order valence-corrected chi connectivity index (χ3v) is 3.17. The summed E-state index contributed by atoms with van der Waals surface area (Å²) in [5.74, 6) is 0.00821. The minimum Gasteiger partial charge on any atom is -0.480 e. The van der Waals surface area contributed by atoms with Crippen molar-refractivity contribution in [3.05, 3.63) is 11.8 Å². The summed E-state index contributed by atoms with van der Waals surface area (Å²) in [7, 11) is 0. The molecule has 1 amide bonds. The number of carboxylic acid groups (broad SMARTS) is 1. The summed E-state index contributed by atoms with van der Waals surface area (Å²) in [4.78, 5) is 24.5. The van der Waals surface area contributed by atoms with Crippen molar-refractivity contribution in [2.75, 3.05) is 18.4 Å². The summed E-state index contributed by atoms with van der Waals surface area (Å²) in [6.07, 6.45) is 1.76. The highest BCUT2D eigenvalue weighted by molar-refractivity contribution is 5.89. The number of hydrogen-bond donors (Lipinski definition) is 2. The molecule has 0 saturated carbocycles. The number of nitrogens with zero attached hydrogens (tertiary/aromatic N) is 2. The van der Waals surface area contributed by atoms with Crippen LogP contribution in [-0.4, -0.2) is 46.2 Å². The van der Waals surface area contributed by atoms with Crippen molar-refractivity contribution in [3.63, 3.8) is 0 Å². The van der Waals surface area contributed by atoms with Crippen molar-refractivity contribution >= 4 is 30.1 Å². The Morgan fingerprint density at radius 1 is 1.60 bits per heavy atom. The Bertz CT molecular complexity index is 477. The van der Waals surface area contributed by atoms with E-state index in [4.69, 9.17) is 9.63 Å². The van der Waals surface area contributed by atoms with Gasteiger partial charge in [0.1, 0.15) is 11.8 Å². The van der Waals surface area contributed by atoms with E-state index < -0.39 is 12.0 Å². The van der Waals surface area contributed by atoms with Gasteiger partial charge in [0, 0.05) is 19.0 Å². The van der Waals surface area contributed by atoms with Gasteiger partial charge in [0.15, 0.2) is 5.82 Å². The quantitative estimate of drug-likeness (QED) is 0.851. The van der Waals surface area contributed by atoms with E-state index in [0.717, 1.165) is 13.0 Å². The van der Waals surface area contributed by atoms with Crippen LogP contribution in [0, 0.1) is 6.92 Å².